The first-order valence-corrected chi connectivity index (χ1v) is 14.4. The minimum atomic E-state index is -0.495. The lowest BCUT2D eigenvalue weighted by atomic mass is 9.95. The molecule has 2 aromatic heterocycles. The van der Waals surface area contributed by atoms with Crippen LogP contribution in [0.1, 0.15) is 74.8 Å². The number of nitrogens with zero attached hydrogens (tertiary/aromatic N) is 3. The first-order valence-electron chi connectivity index (χ1n) is 12.7. The summed E-state index contributed by atoms with van der Waals surface area (Å²) in [5.74, 6) is -0.225. The Hall–Kier alpha value is -3.18. The summed E-state index contributed by atoms with van der Waals surface area (Å²) in [6.07, 6.45) is 3.83. The fraction of sp³-hybridized carbons (Fsp3) is 0.444. The van der Waals surface area contributed by atoms with E-state index in [1.807, 2.05) is 26.0 Å². The van der Waals surface area contributed by atoms with Gasteiger partial charge in [0.1, 0.15) is 5.00 Å². The number of rotatable bonds is 9. The fourth-order valence-corrected chi connectivity index (χ4v) is 6.36. The van der Waals surface area contributed by atoms with Crippen molar-refractivity contribution >= 4 is 45.9 Å². The number of fused-ring (bicyclic) bond motifs is 1. The van der Waals surface area contributed by atoms with Crippen LogP contribution in [0.3, 0.4) is 0 Å². The number of nitrogens with one attached hydrogen (secondary N) is 2. The molecule has 1 aromatic carbocycles. The molecule has 11 heteroatoms. The standard InChI is InChI=1S/C27H33N5O4S2/c1-6-36-26(35)22-19-9-7-8-10-20(19)38-25(22)29-23(33)17(4)37-27-31-30-21(32(27)5)14-28-24(34)18-12-11-15(2)16(3)13-18/h11-13,17H,6-10,14H2,1-5H3,(H,28,34)(H,29,33)/t17-/m0/s1. The summed E-state index contributed by atoms with van der Waals surface area (Å²) in [5, 5.41) is 14.9. The van der Waals surface area contributed by atoms with E-state index in [0.717, 1.165) is 47.3 Å². The number of thioether (sulfide) groups is 1. The summed E-state index contributed by atoms with van der Waals surface area (Å²) in [4.78, 5) is 39.5. The van der Waals surface area contributed by atoms with Crippen LogP contribution in [0.2, 0.25) is 0 Å². The minimum Gasteiger partial charge on any atom is -0.462 e. The van der Waals surface area contributed by atoms with Crippen LogP contribution in [0.4, 0.5) is 5.00 Å². The van der Waals surface area contributed by atoms with Gasteiger partial charge in [-0.2, -0.15) is 0 Å². The smallest absolute Gasteiger partial charge is 0.341 e. The first kappa shape index (κ1) is 27.8. The summed E-state index contributed by atoms with van der Waals surface area (Å²) in [5.41, 5.74) is 4.28. The third-order valence-electron chi connectivity index (χ3n) is 6.64. The van der Waals surface area contributed by atoms with Crippen molar-refractivity contribution in [3.8, 4) is 0 Å². The zero-order chi connectivity index (χ0) is 27.4. The van der Waals surface area contributed by atoms with Gasteiger partial charge in [-0.3, -0.25) is 9.59 Å². The Kier molecular flexibility index (Phi) is 8.88. The van der Waals surface area contributed by atoms with Gasteiger partial charge in [0.15, 0.2) is 11.0 Å². The van der Waals surface area contributed by atoms with Gasteiger partial charge in [0.05, 0.1) is 24.0 Å². The number of amides is 2. The van der Waals surface area contributed by atoms with Crippen LogP contribution in [0, 0.1) is 13.8 Å². The molecule has 2 heterocycles. The molecule has 0 bridgehead atoms. The van der Waals surface area contributed by atoms with Crippen LogP contribution < -0.4 is 10.6 Å². The number of carbonyl (C=O) groups excluding carboxylic acids is 3. The van der Waals surface area contributed by atoms with Crippen LogP contribution in [0.25, 0.3) is 0 Å². The normalized spacial score (nSPS) is 13.5. The minimum absolute atomic E-state index is 0.186. The van der Waals surface area contributed by atoms with E-state index in [9.17, 15) is 14.4 Å². The molecule has 3 aromatic rings. The Labute approximate surface area is 230 Å². The molecule has 9 nitrogen and oxygen atoms in total. The van der Waals surface area contributed by atoms with Crippen LogP contribution in [0.15, 0.2) is 23.4 Å². The molecule has 0 spiro atoms. The van der Waals surface area contributed by atoms with Crippen LogP contribution in [0.5, 0.6) is 0 Å². The van der Waals surface area contributed by atoms with Crippen molar-refractivity contribution in [3.63, 3.8) is 0 Å². The number of carbonyl (C=O) groups is 3. The lowest BCUT2D eigenvalue weighted by molar-refractivity contribution is -0.115. The number of esters is 1. The summed E-state index contributed by atoms with van der Waals surface area (Å²) in [6.45, 7) is 8.03. The van der Waals surface area contributed by atoms with Gasteiger partial charge in [-0.1, -0.05) is 17.8 Å². The molecule has 0 fully saturated rings. The number of aryl methyl sites for hydroxylation is 3. The molecule has 1 aliphatic carbocycles. The number of aromatic nitrogens is 3. The van der Waals surface area contributed by atoms with Crippen molar-refractivity contribution in [2.75, 3.05) is 11.9 Å². The van der Waals surface area contributed by atoms with E-state index in [2.05, 4.69) is 20.8 Å². The Morgan fingerprint density at radius 2 is 1.92 bits per heavy atom. The van der Waals surface area contributed by atoms with Crippen molar-refractivity contribution in [2.45, 2.75) is 70.3 Å². The van der Waals surface area contributed by atoms with Gasteiger partial charge >= 0.3 is 5.97 Å². The second-order valence-corrected chi connectivity index (χ2v) is 11.7. The number of hydrogen-bond donors (Lipinski definition) is 2. The molecule has 0 saturated carbocycles. The Bertz CT molecular complexity index is 1360. The average molecular weight is 556 g/mol. The lowest BCUT2D eigenvalue weighted by Gasteiger charge is -2.13. The topological polar surface area (TPSA) is 115 Å². The Morgan fingerprint density at radius 3 is 2.66 bits per heavy atom. The summed E-state index contributed by atoms with van der Waals surface area (Å²) in [7, 11) is 1.80. The molecule has 1 atom stereocenters. The summed E-state index contributed by atoms with van der Waals surface area (Å²) < 4.78 is 7.05. The highest BCUT2D eigenvalue weighted by Gasteiger charge is 2.28. The van der Waals surface area contributed by atoms with Crippen LogP contribution >= 0.6 is 23.1 Å². The van der Waals surface area contributed by atoms with E-state index >= 15 is 0 Å². The van der Waals surface area contributed by atoms with Crippen LogP contribution in [-0.2, 0) is 36.0 Å². The van der Waals surface area contributed by atoms with Crippen molar-refractivity contribution < 1.29 is 19.1 Å². The predicted octanol–water partition coefficient (Wildman–Crippen LogP) is 4.60. The van der Waals surface area contributed by atoms with Gasteiger partial charge in [-0.15, -0.1) is 21.5 Å². The van der Waals surface area contributed by atoms with E-state index in [0.29, 0.717) is 27.1 Å². The highest BCUT2D eigenvalue weighted by molar-refractivity contribution is 8.00. The highest BCUT2D eigenvalue weighted by Crippen LogP contribution is 2.39. The van der Waals surface area contributed by atoms with Crippen molar-refractivity contribution in [1.29, 1.82) is 0 Å². The summed E-state index contributed by atoms with van der Waals surface area (Å²) in [6, 6.07) is 5.59. The number of anilines is 1. The quantitative estimate of drug-likeness (QED) is 0.293. The van der Waals surface area contributed by atoms with E-state index in [-0.39, 0.29) is 30.9 Å². The van der Waals surface area contributed by atoms with Gasteiger partial charge in [0.25, 0.3) is 5.91 Å². The molecule has 0 aliphatic heterocycles. The Balaban J connectivity index is 1.40. The number of thiophene rings is 1. The number of hydrogen-bond acceptors (Lipinski definition) is 8. The third kappa shape index (κ3) is 6.10. The largest absolute Gasteiger partial charge is 0.462 e. The maximum Gasteiger partial charge on any atom is 0.341 e. The van der Waals surface area contributed by atoms with Gasteiger partial charge < -0.3 is 19.9 Å². The molecule has 38 heavy (non-hydrogen) atoms. The zero-order valence-electron chi connectivity index (χ0n) is 22.3. The first-order chi connectivity index (χ1) is 18.2. The third-order valence-corrected chi connectivity index (χ3v) is 8.98. The zero-order valence-corrected chi connectivity index (χ0v) is 24.0. The Morgan fingerprint density at radius 1 is 1.16 bits per heavy atom. The van der Waals surface area contributed by atoms with Gasteiger partial charge in [-0.25, -0.2) is 4.79 Å². The molecule has 4 rings (SSSR count). The maximum absolute atomic E-state index is 13.1. The van der Waals surface area contributed by atoms with Crippen LogP contribution in [-0.4, -0.2) is 44.4 Å². The molecule has 2 amide bonds. The van der Waals surface area contributed by atoms with Gasteiger partial charge in [0.2, 0.25) is 5.91 Å². The average Bonchev–Trinajstić information content (AvgIpc) is 3.43. The van der Waals surface area contributed by atoms with Crippen molar-refractivity contribution in [2.24, 2.45) is 7.05 Å². The van der Waals surface area contributed by atoms with E-state index < -0.39 is 5.25 Å². The molecule has 0 saturated heterocycles. The van der Waals surface area contributed by atoms with Gasteiger partial charge in [0, 0.05) is 17.5 Å². The monoisotopic (exact) mass is 555 g/mol. The second kappa shape index (κ2) is 12.1. The summed E-state index contributed by atoms with van der Waals surface area (Å²) >= 11 is 2.73. The molecular formula is C27H33N5O4S2. The van der Waals surface area contributed by atoms with Crippen molar-refractivity contribution in [3.05, 3.63) is 56.7 Å². The van der Waals surface area contributed by atoms with E-state index in [4.69, 9.17) is 4.74 Å². The molecule has 202 valence electrons. The SMILES string of the molecule is CCOC(=O)c1c(NC(=O)[C@H](C)Sc2nnc(CNC(=O)c3ccc(C)c(C)c3)n2C)sc2c1CCCC2. The number of ether oxygens (including phenoxy) is 1. The van der Waals surface area contributed by atoms with E-state index in [1.54, 1.807) is 31.5 Å². The maximum atomic E-state index is 13.1. The van der Waals surface area contributed by atoms with E-state index in [1.165, 1.54) is 23.1 Å². The van der Waals surface area contributed by atoms with Gasteiger partial charge in [-0.05, 0) is 82.2 Å². The van der Waals surface area contributed by atoms with Crippen molar-refractivity contribution in [1.82, 2.24) is 20.1 Å². The lowest BCUT2D eigenvalue weighted by Crippen LogP contribution is -2.25. The molecule has 1 aliphatic rings. The fourth-order valence-electron chi connectivity index (χ4n) is 4.24. The molecule has 2 N–H and O–H groups in total. The molecular weight excluding hydrogens is 522 g/mol. The molecule has 0 radical (unpaired) electrons. The number of benzene rings is 1. The molecule has 0 unspecified atom stereocenters. The predicted molar refractivity (Wildman–Crippen MR) is 149 cm³/mol. The second-order valence-electron chi connectivity index (χ2n) is 9.32. The highest BCUT2D eigenvalue weighted by atomic mass is 32.2.